The van der Waals surface area contributed by atoms with Crippen LogP contribution in [-0.4, -0.2) is 94.9 Å². The summed E-state index contributed by atoms with van der Waals surface area (Å²) in [6.07, 6.45) is 2.68. The van der Waals surface area contributed by atoms with E-state index in [9.17, 15) is 26.4 Å². The van der Waals surface area contributed by atoms with E-state index in [4.69, 9.17) is 11.6 Å². The third kappa shape index (κ3) is 6.96. The van der Waals surface area contributed by atoms with Crippen molar-refractivity contribution in [2.75, 3.05) is 44.9 Å². The zero-order chi connectivity index (χ0) is 36.0. The summed E-state index contributed by atoms with van der Waals surface area (Å²) in [5.41, 5.74) is 0.502. The van der Waals surface area contributed by atoms with Gasteiger partial charge in [-0.2, -0.15) is 0 Å². The second-order valence-electron chi connectivity index (χ2n) is 13.0. The first kappa shape index (κ1) is 35.8. The van der Waals surface area contributed by atoms with Crippen molar-refractivity contribution in [3.63, 3.8) is 0 Å². The summed E-state index contributed by atoms with van der Waals surface area (Å²) in [7, 11) is -4.69. The SMILES string of the molecule is CN1CCC(N(C)C(=O)N(C2CCCN(c3ccc(-c4ccccc4S(C)(=O)=O)cc3F)C2=O)S(=O)(=O)c2ccc3cc(Cl)ccc3c2)CC1. The minimum Gasteiger partial charge on any atom is -0.324 e. The van der Waals surface area contributed by atoms with E-state index < -0.39 is 43.7 Å². The smallest absolute Gasteiger partial charge is 0.324 e. The van der Waals surface area contributed by atoms with Crippen LogP contribution in [0.1, 0.15) is 25.7 Å². The molecule has 0 N–H and O–H groups in total. The topological polar surface area (TPSA) is 115 Å². The highest BCUT2D eigenvalue weighted by Crippen LogP contribution is 2.35. The fourth-order valence-corrected chi connectivity index (χ4v) is 9.50. The van der Waals surface area contributed by atoms with E-state index >= 15 is 4.39 Å². The van der Waals surface area contributed by atoms with Crippen LogP contribution in [-0.2, 0) is 24.7 Å². The molecule has 0 spiro atoms. The summed E-state index contributed by atoms with van der Waals surface area (Å²) >= 11 is 6.14. The van der Waals surface area contributed by atoms with Gasteiger partial charge >= 0.3 is 6.03 Å². The number of sulfone groups is 1. The molecule has 10 nitrogen and oxygen atoms in total. The number of urea groups is 1. The number of carbonyl (C=O) groups excluding carboxylic acids is 2. The number of amides is 3. The average molecular weight is 741 g/mol. The summed E-state index contributed by atoms with van der Waals surface area (Å²) in [6.45, 7) is 1.54. The van der Waals surface area contributed by atoms with Crippen LogP contribution in [0.5, 0.6) is 0 Å². The molecule has 1 atom stereocenters. The Morgan fingerprint density at radius 2 is 1.56 bits per heavy atom. The van der Waals surface area contributed by atoms with Crippen LogP contribution in [0.25, 0.3) is 21.9 Å². The molecule has 2 aliphatic rings. The lowest BCUT2D eigenvalue weighted by Gasteiger charge is -2.41. The van der Waals surface area contributed by atoms with Crippen LogP contribution >= 0.6 is 11.6 Å². The summed E-state index contributed by atoms with van der Waals surface area (Å²) in [5, 5.41) is 1.77. The molecule has 4 aromatic rings. The molecule has 2 heterocycles. The average Bonchev–Trinajstić information content (AvgIpc) is 3.08. The lowest BCUT2D eigenvalue weighted by atomic mass is 10.0. The van der Waals surface area contributed by atoms with Crippen LogP contribution in [0.3, 0.4) is 0 Å². The van der Waals surface area contributed by atoms with E-state index in [0.717, 1.165) is 25.4 Å². The zero-order valence-corrected chi connectivity index (χ0v) is 30.3. The van der Waals surface area contributed by atoms with Crippen molar-refractivity contribution >= 4 is 59.9 Å². The molecule has 0 aliphatic carbocycles. The fourth-order valence-electron chi connectivity index (χ4n) is 6.80. The first-order valence-corrected chi connectivity index (χ1v) is 20.0. The normalized spacial score (nSPS) is 18.0. The Balaban J connectivity index is 1.38. The molecular formula is C36H38ClFN4O6S2. The number of rotatable bonds is 7. The number of fused-ring (bicyclic) bond motifs is 1. The van der Waals surface area contributed by atoms with Crippen molar-refractivity contribution in [3.05, 3.63) is 89.7 Å². The van der Waals surface area contributed by atoms with Gasteiger partial charge in [0.15, 0.2) is 9.84 Å². The standard InChI is InChI=1S/C36H38ClFN4O6S2/c1-39-19-16-28(17-20-39)40(2)36(44)42(50(47,48)29-14-11-24-21-27(37)13-10-25(24)22-29)33-8-6-18-41(35(33)43)32-15-12-26(23-31(32)38)30-7-4-5-9-34(30)49(3,45)46/h4-5,7,9-15,21-23,28,33H,6,8,16-20H2,1-3H3. The van der Waals surface area contributed by atoms with Gasteiger partial charge in [-0.15, -0.1) is 0 Å². The molecular weight excluding hydrogens is 703 g/mol. The molecule has 50 heavy (non-hydrogen) atoms. The van der Waals surface area contributed by atoms with Gasteiger partial charge in [-0.05, 0) is 105 Å². The summed E-state index contributed by atoms with van der Waals surface area (Å²) in [4.78, 5) is 33.3. The molecule has 0 bridgehead atoms. The Morgan fingerprint density at radius 3 is 2.26 bits per heavy atom. The van der Waals surface area contributed by atoms with Gasteiger partial charge in [0.2, 0.25) is 0 Å². The number of likely N-dealkylation sites (tertiary alicyclic amines) is 1. The molecule has 3 amide bonds. The number of nitrogens with zero attached hydrogens (tertiary/aromatic N) is 4. The molecule has 6 rings (SSSR count). The largest absolute Gasteiger partial charge is 0.334 e. The maximum absolute atomic E-state index is 15.9. The van der Waals surface area contributed by atoms with Gasteiger partial charge in [0, 0.05) is 36.5 Å². The number of hydrogen-bond donors (Lipinski definition) is 0. The predicted molar refractivity (Wildman–Crippen MR) is 192 cm³/mol. The number of piperidine rings is 2. The molecule has 264 valence electrons. The molecule has 14 heteroatoms. The monoisotopic (exact) mass is 740 g/mol. The molecule has 0 aromatic heterocycles. The van der Waals surface area contributed by atoms with Crippen molar-refractivity contribution in [2.24, 2.45) is 0 Å². The minimum atomic E-state index is -4.61. The van der Waals surface area contributed by atoms with E-state index in [1.807, 2.05) is 7.05 Å². The Labute approximate surface area is 297 Å². The number of halogens is 2. The quantitative estimate of drug-likeness (QED) is 0.227. The number of carbonyl (C=O) groups is 2. The van der Waals surface area contributed by atoms with Crippen LogP contribution in [0.2, 0.25) is 5.02 Å². The number of sulfonamides is 1. The maximum Gasteiger partial charge on any atom is 0.334 e. The van der Waals surface area contributed by atoms with E-state index in [2.05, 4.69) is 4.90 Å². The summed E-state index contributed by atoms with van der Waals surface area (Å²) in [6, 6.07) is 17.2. The molecule has 0 radical (unpaired) electrons. The minimum absolute atomic E-state index is 0.0335. The Bertz CT molecular complexity index is 2190. The predicted octanol–water partition coefficient (Wildman–Crippen LogP) is 6.04. The van der Waals surface area contributed by atoms with Gasteiger partial charge < -0.3 is 14.7 Å². The number of anilines is 1. The second kappa shape index (κ2) is 13.9. The van der Waals surface area contributed by atoms with Crippen molar-refractivity contribution in [1.82, 2.24) is 14.1 Å². The fraction of sp³-hybridized carbons (Fsp3) is 0.333. The van der Waals surface area contributed by atoms with E-state index in [1.54, 1.807) is 49.5 Å². The number of benzene rings is 4. The van der Waals surface area contributed by atoms with Gasteiger partial charge in [0.1, 0.15) is 11.9 Å². The van der Waals surface area contributed by atoms with Crippen LogP contribution in [0.4, 0.5) is 14.9 Å². The molecule has 1 unspecified atom stereocenters. The Morgan fingerprint density at radius 1 is 0.880 bits per heavy atom. The highest BCUT2D eigenvalue weighted by molar-refractivity contribution is 7.91. The maximum atomic E-state index is 15.9. The second-order valence-corrected chi connectivity index (χ2v) is 17.2. The van der Waals surface area contributed by atoms with Crippen LogP contribution < -0.4 is 4.90 Å². The van der Waals surface area contributed by atoms with Crippen molar-refractivity contribution in [3.8, 4) is 11.1 Å². The van der Waals surface area contributed by atoms with Crippen molar-refractivity contribution in [1.29, 1.82) is 0 Å². The van der Waals surface area contributed by atoms with Crippen LogP contribution in [0.15, 0.2) is 88.7 Å². The summed E-state index contributed by atoms with van der Waals surface area (Å²) in [5.74, 6) is -1.53. The highest BCUT2D eigenvalue weighted by Gasteiger charge is 2.46. The molecule has 2 saturated heterocycles. The molecule has 2 fully saturated rings. The van der Waals surface area contributed by atoms with Crippen LogP contribution in [0, 0.1) is 5.82 Å². The Hall–Kier alpha value is -4.04. The first-order chi connectivity index (χ1) is 23.7. The number of hydrogen-bond acceptors (Lipinski definition) is 7. The van der Waals surface area contributed by atoms with Gasteiger partial charge in [-0.25, -0.2) is 30.3 Å². The zero-order valence-electron chi connectivity index (χ0n) is 27.9. The lowest BCUT2D eigenvalue weighted by Crippen LogP contribution is -2.60. The van der Waals surface area contributed by atoms with Gasteiger partial charge in [0.05, 0.1) is 15.5 Å². The van der Waals surface area contributed by atoms with E-state index in [-0.39, 0.29) is 34.5 Å². The third-order valence-corrected chi connectivity index (χ3v) is 12.8. The highest BCUT2D eigenvalue weighted by atomic mass is 35.5. The van der Waals surface area contributed by atoms with Gasteiger partial charge in [-0.1, -0.05) is 48.0 Å². The van der Waals surface area contributed by atoms with E-state index in [0.29, 0.717) is 50.5 Å². The van der Waals surface area contributed by atoms with E-state index in [1.165, 1.54) is 40.1 Å². The molecule has 0 saturated carbocycles. The molecule has 4 aromatic carbocycles. The first-order valence-electron chi connectivity index (χ1n) is 16.3. The van der Waals surface area contributed by atoms with Gasteiger partial charge in [-0.3, -0.25) is 4.79 Å². The summed E-state index contributed by atoms with van der Waals surface area (Å²) < 4.78 is 70.5. The van der Waals surface area contributed by atoms with Gasteiger partial charge in [0.25, 0.3) is 15.9 Å². The third-order valence-electron chi connectivity index (χ3n) is 9.59. The van der Waals surface area contributed by atoms with Crippen molar-refractivity contribution < 1.29 is 30.8 Å². The van der Waals surface area contributed by atoms with Crippen molar-refractivity contribution in [2.45, 2.75) is 47.6 Å². The molecule has 2 aliphatic heterocycles. The Kier molecular flexibility index (Phi) is 9.97. The lowest BCUT2D eigenvalue weighted by molar-refractivity contribution is -0.123.